The number of aromatic nitrogens is 1. The molecule has 22 heavy (non-hydrogen) atoms. The smallest absolute Gasteiger partial charge is 0.313 e. The molecule has 7 nitrogen and oxygen atoms in total. The largest absolute Gasteiger partial charge is 0.481 e. The number of carbonyl (C=O) groups is 2. The molecule has 0 spiro atoms. The van der Waals surface area contributed by atoms with E-state index in [-0.39, 0.29) is 17.8 Å². The highest BCUT2D eigenvalue weighted by atomic mass is 32.2. The number of ether oxygens (including phenoxy) is 2. The molecule has 0 radical (unpaired) electrons. The van der Waals surface area contributed by atoms with Gasteiger partial charge in [-0.15, -0.1) is 11.8 Å². The molecule has 2 heterocycles. The summed E-state index contributed by atoms with van der Waals surface area (Å²) in [7, 11) is 0. The molecule has 2 rings (SSSR count). The number of pyridine rings is 1. The molecule has 1 amide bonds. The maximum absolute atomic E-state index is 12.0. The molecule has 1 saturated heterocycles. The first-order valence-electron chi connectivity index (χ1n) is 6.93. The third-order valence-electron chi connectivity index (χ3n) is 2.93. The summed E-state index contributed by atoms with van der Waals surface area (Å²) < 4.78 is 10.9. The third kappa shape index (κ3) is 5.53. The van der Waals surface area contributed by atoms with Crippen molar-refractivity contribution in [2.24, 2.45) is 0 Å². The Hall–Kier alpha value is -1.80. The number of carbonyl (C=O) groups excluding carboxylic acids is 1. The standard InChI is InChI=1S/C14H18N2O5S/c17-13(18)9-22-6-4-16-14(19)10-1-3-15-12(7-10)21-11-2-5-20-8-11/h1,3,7,11H,2,4-6,8-9H2,(H,16,19)(H,17,18). The van der Waals surface area contributed by atoms with Crippen molar-refractivity contribution in [2.75, 3.05) is 31.3 Å². The maximum Gasteiger partial charge on any atom is 0.313 e. The van der Waals surface area contributed by atoms with Crippen molar-refractivity contribution in [1.82, 2.24) is 10.3 Å². The molecule has 8 heteroatoms. The minimum absolute atomic E-state index is 0.0155. The van der Waals surface area contributed by atoms with Gasteiger partial charge in [0.15, 0.2) is 0 Å². The number of nitrogens with one attached hydrogen (secondary N) is 1. The fourth-order valence-electron chi connectivity index (χ4n) is 1.89. The molecule has 0 aromatic carbocycles. The monoisotopic (exact) mass is 326 g/mol. The molecule has 1 atom stereocenters. The molecule has 1 aliphatic heterocycles. The average molecular weight is 326 g/mol. The number of carboxylic acid groups (broad SMARTS) is 1. The molecular formula is C14H18N2O5S. The van der Waals surface area contributed by atoms with E-state index in [2.05, 4.69) is 10.3 Å². The SMILES string of the molecule is O=C(O)CSCCNC(=O)c1ccnc(OC2CCOC2)c1. The lowest BCUT2D eigenvalue weighted by Gasteiger charge is -2.11. The van der Waals surface area contributed by atoms with Crippen LogP contribution in [0.15, 0.2) is 18.3 Å². The minimum Gasteiger partial charge on any atom is -0.481 e. The van der Waals surface area contributed by atoms with Crippen molar-refractivity contribution in [3.63, 3.8) is 0 Å². The van der Waals surface area contributed by atoms with E-state index in [0.29, 0.717) is 37.0 Å². The Morgan fingerprint density at radius 3 is 3.14 bits per heavy atom. The number of hydrogen-bond donors (Lipinski definition) is 2. The van der Waals surface area contributed by atoms with Gasteiger partial charge < -0.3 is 19.9 Å². The van der Waals surface area contributed by atoms with E-state index in [1.165, 1.54) is 18.0 Å². The van der Waals surface area contributed by atoms with E-state index >= 15 is 0 Å². The summed E-state index contributed by atoms with van der Waals surface area (Å²) >= 11 is 1.26. The summed E-state index contributed by atoms with van der Waals surface area (Å²) in [4.78, 5) is 26.4. The molecule has 1 fully saturated rings. The molecule has 1 aromatic rings. The minimum atomic E-state index is -0.858. The van der Waals surface area contributed by atoms with Crippen LogP contribution in [-0.2, 0) is 9.53 Å². The number of rotatable bonds is 8. The van der Waals surface area contributed by atoms with Gasteiger partial charge in [-0.3, -0.25) is 9.59 Å². The topological polar surface area (TPSA) is 97.8 Å². The van der Waals surface area contributed by atoms with Crippen molar-refractivity contribution in [2.45, 2.75) is 12.5 Å². The first-order chi connectivity index (χ1) is 10.6. The van der Waals surface area contributed by atoms with Gasteiger partial charge in [0.2, 0.25) is 5.88 Å². The highest BCUT2D eigenvalue weighted by molar-refractivity contribution is 7.99. The lowest BCUT2D eigenvalue weighted by molar-refractivity contribution is -0.133. The van der Waals surface area contributed by atoms with Gasteiger partial charge in [0.1, 0.15) is 6.10 Å². The fraction of sp³-hybridized carbons (Fsp3) is 0.500. The van der Waals surface area contributed by atoms with Crippen LogP contribution in [0.25, 0.3) is 0 Å². The van der Waals surface area contributed by atoms with Crippen molar-refractivity contribution in [3.05, 3.63) is 23.9 Å². The van der Waals surface area contributed by atoms with Crippen LogP contribution in [0.2, 0.25) is 0 Å². The Bertz CT molecular complexity index is 520. The van der Waals surface area contributed by atoms with Gasteiger partial charge in [0.25, 0.3) is 5.91 Å². The number of nitrogens with zero attached hydrogens (tertiary/aromatic N) is 1. The maximum atomic E-state index is 12.0. The first-order valence-corrected chi connectivity index (χ1v) is 8.09. The Labute approximate surface area is 132 Å². The molecule has 1 aromatic heterocycles. The van der Waals surface area contributed by atoms with E-state index in [1.54, 1.807) is 12.1 Å². The van der Waals surface area contributed by atoms with Crippen LogP contribution in [0.4, 0.5) is 0 Å². The average Bonchev–Trinajstić information content (AvgIpc) is 2.99. The number of thioether (sulfide) groups is 1. The number of hydrogen-bond acceptors (Lipinski definition) is 6. The molecule has 1 aliphatic rings. The van der Waals surface area contributed by atoms with Crippen LogP contribution in [0.5, 0.6) is 5.88 Å². The molecule has 0 aliphatic carbocycles. The van der Waals surface area contributed by atoms with Gasteiger partial charge in [-0.1, -0.05) is 0 Å². The van der Waals surface area contributed by atoms with E-state index < -0.39 is 5.97 Å². The second kappa shape index (κ2) is 8.60. The second-order valence-electron chi connectivity index (χ2n) is 4.69. The van der Waals surface area contributed by atoms with Crippen molar-refractivity contribution in [3.8, 4) is 5.88 Å². The normalized spacial score (nSPS) is 17.2. The van der Waals surface area contributed by atoms with Gasteiger partial charge in [0, 0.05) is 36.5 Å². The first kappa shape index (κ1) is 16.6. The number of amides is 1. The highest BCUT2D eigenvalue weighted by Crippen LogP contribution is 2.15. The third-order valence-corrected chi connectivity index (χ3v) is 3.87. The summed E-state index contributed by atoms with van der Waals surface area (Å²) in [6.07, 6.45) is 2.33. The van der Waals surface area contributed by atoms with Crippen LogP contribution in [0.1, 0.15) is 16.8 Å². The number of carboxylic acids is 1. The number of aliphatic carboxylic acids is 1. The molecule has 0 bridgehead atoms. The zero-order valence-corrected chi connectivity index (χ0v) is 12.8. The Kier molecular flexibility index (Phi) is 6.47. The van der Waals surface area contributed by atoms with Crippen LogP contribution >= 0.6 is 11.8 Å². The molecule has 0 saturated carbocycles. The summed E-state index contributed by atoms with van der Waals surface area (Å²) in [5, 5.41) is 11.2. The summed E-state index contributed by atoms with van der Waals surface area (Å²) in [5.41, 5.74) is 0.465. The van der Waals surface area contributed by atoms with E-state index in [9.17, 15) is 9.59 Å². The zero-order chi connectivity index (χ0) is 15.8. The van der Waals surface area contributed by atoms with E-state index in [1.807, 2.05) is 0 Å². The summed E-state index contributed by atoms with van der Waals surface area (Å²) in [5.74, 6) is -0.101. The van der Waals surface area contributed by atoms with Crippen molar-refractivity contribution in [1.29, 1.82) is 0 Å². The summed E-state index contributed by atoms with van der Waals surface area (Å²) in [6, 6.07) is 3.20. The van der Waals surface area contributed by atoms with Crippen molar-refractivity contribution < 1.29 is 24.2 Å². The quantitative estimate of drug-likeness (QED) is 0.682. The van der Waals surface area contributed by atoms with E-state index in [0.717, 1.165) is 6.42 Å². The highest BCUT2D eigenvalue weighted by Gasteiger charge is 2.18. The Morgan fingerprint density at radius 2 is 2.41 bits per heavy atom. The molecule has 120 valence electrons. The van der Waals surface area contributed by atoms with Gasteiger partial charge in [-0.25, -0.2) is 4.98 Å². The fourth-order valence-corrected chi connectivity index (χ4v) is 2.46. The predicted molar refractivity (Wildman–Crippen MR) is 81.4 cm³/mol. The van der Waals surface area contributed by atoms with Gasteiger partial charge >= 0.3 is 5.97 Å². The Balaban J connectivity index is 1.78. The van der Waals surface area contributed by atoms with E-state index in [4.69, 9.17) is 14.6 Å². The molecular weight excluding hydrogens is 308 g/mol. The predicted octanol–water partition coefficient (Wildman–Crippen LogP) is 0.797. The van der Waals surface area contributed by atoms with Gasteiger partial charge in [-0.05, 0) is 6.07 Å². The lowest BCUT2D eigenvalue weighted by atomic mass is 10.2. The van der Waals surface area contributed by atoms with Crippen molar-refractivity contribution >= 4 is 23.6 Å². The van der Waals surface area contributed by atoms with Crippen LogP contribution in [0.3, 0.4) is 0 Å². The zero-order valence-electron chi connectivity index (χ0n) is 12.0. The van der Waals surface area contributed by atoms with Crippen LogP contribution < -0.4 is 10.1 Å². The molecule has 1 unspecified atom stereocenters. The summed E-state index contributed by atoms with van der Waals surface area (Å²) in [6.45, 7) is 1.63. The Morgan fingerprint density at radius 1 is 1.55 bits per heavy atom. The molecule has 2 N–H and O–H groups in total. The van der Waals surface area contributed by atoms with Gasteiger partial charge in [-0.2, -0.15) is 0 Å². The van der Waals surface area contributed by atoms with Crippen LogP contribution in [-0.4, -0.2) is 59.3 Å². The lowest BCUT2D eigenvalue weighted by Crippen LogP contribution is -2.26. The van der Waals surface area contributed by atoms with Gasteiger partial charge in [0.05, 0.1) is 19.0 Å². The van der Waals surface area contributed by atoms with Crippen LogP contribution in [0, 0.1) is 0 Å². The second-order valence-corrected chi connectivity index (χ2v) is 5.79.